The van der Waals surface area contributed by atoms with Crippen LogP contribution < -0.4 is 14.4 Å². The Labute approximate surface area is 167 Å². The van der Waals surface area contributed by atoms with Crippen molar-refractivity contribution in [1.82, 2.24) is 4.31 Å². The minimum absolute atomic E-state index is 0.168. The molecule has 0 aliphatic carbocycles. The summed E-state index contributed by atoms with van der Waals surface area (Å²) in [4.78, 5) is 1.61. The van der Waals surface area contributed by atoms with Gasteiger partial charge in [0.25, 0.3) is 0 Å². The lowest BCUT2D eigenvalue weighted by molar-refractivity contribution is -0.138. The second-order valence-electron chi connectivity index (χ2n) is 6.45. The molecule has 1 heterocycles. The van der Waals surface area contributed by atoms with Gasteiger partial charge in [-0.25, -0.2) is 8.42 Å². The molecule has 1 saturated heterocycles. The Balaban J connectivity index is 1.77. The van der Waals surface area contributed by atoms with E-state index >= 15 is 0 Å². The van der Waals surface area contributed by atoms with Gasteiger partial charge in [0.15, 0.2) is 0 Å². The van der Waals surface area contributed by atoms with Crippen molar-refractivity contribution < 1.29 is 31.1 Å². The third kappa shape index (κ3) is 4.43. The van der Waals surface area contributed by atoms with Crippen LogP contribution in [-0.4, -0.2) is 53.1 Å². The van der Waals surface area contributed by atoms with Crippen molar-refractivity contribution in [3.63, 3.8) is 0 Å². The van der Waals surface area contributed by atoms with Crippen LogP contribution >= 0.6 is 0 Å². The first-order valence-corrected chi connectivity index (χ1v) is 10.2. The topological polar surface area (TPSA) is 59.1 Å². The van der Waals surface area contributed by atoms with E-state index in [2.05, 4.69) is 0 Å². The second kappa shape index (κ2) is 8.11. The number of nitrogens with zero attached hydrogens (tertiary/aromatic N) is 2. The van der Waals surface area contributed by atoms with E-state index in [1.165, 1.54) is 4.31 Å². The number of sulfonamides is 1. The molecule has 0 bridgehead atoms. The lowest BCUT2D eigenvalue weighted by atomic mass is 10.2. The van der Waals surface area contributed by atoms with Gasteiger partial charge in [-0.2, -0.15) is 17.5 Å². The number of halogens is 3. The Morgan fingerprint density at radius 2 is 1.52 bits per heavy atom. The van der Waals surface area contributed by atoms with Crippen LogP contribution in [0.15, 0.2) is 47.4 Å². The number of methoxy groups -OCH3 is 2. The molecule has 3 rings (SSSR count). The van der Waals surface area contributed by atoms with Crippen LogP contribution in [0.5, 0.6) is 11.5 Å². The van der Waals surface area contributed by atoms with Crippen LogP contribution in [0.4, 0.5) is 18.9 Å². The highest BCUT2D eigenvalue weighted by atomic mass is 32.2. The van der Waals surface area contributed by atoms with Gasteiger partial charge >= 0.3 is 6.18 Å². The first kappa shape index (κ1) is 21.3. The standard InChI is InChI=1S/C19H21F3N2O4S/c1-27-15-5-3-14(4-6-15)23-9-11-24(12-10-23)29(25,26)16-7-8-18(28-2)17(13-16)19(20,21)22/h3-8,13H,9-12H2,1-2H3. The molecule has 0 N–H and O–H groups in total. The Kier molecular flexibility index (Phi) is 5.95. The molecular weight excluding hydrogens is 409 g/mol. The largest absolute Gasteiger partial charge is 0.497 e. The normalized spacial score (nSPS) is 16.0. The van der Waals surface area contributed by atoms with E-state index in [1.807, 2.05) is 29.2 Å². The average molecular weight is 430 g/mol. The summed E-state index contributed by atoms with van der Waals surface area (Å²) in [6.45, 7) is 1.19. The number of benzene rings is 2. The average Bonchev–Trinajstić information content (AvgIpc) is 2.72. The van der Waals surface area contributed by atoms with E-state index in [4.69, 9.17) is 9.47 Å². The summed E-state index contributed by atoms with van der Waals surface area (Å²) in [5.74, 6) is 0.302. The van der Waals surface area contributed by atoms with Gasteiger partial charge in [0.1, 0.15) is 11.5 Å². The molecule has 2 aromatic rings. The van der Waals surface area contributed by atoms with Crippen molar-refractivity contribution in [3.05, 3.63) is 48.0 Å². The van der Waals surface area contributed by atoms with Crippen molar-refractivity contribution in [2.75, 3.05) is 45.3 Å². The molecule has 0 radical (unpaired) electrons. The molecule has 1 aliphatic rings. The van der Waals surface area contributed by atoms with Gasteiger partial charge in [-0.3, -0.25) is 0 Å². The minimum atomic E-state index is -4.72. The summed E-state index contributed by atoms with van der Waals surface area (Å²) < 4.78 is 76.5. The third-order valence-electron chi connectivity index (χ3n) is 4.79. The molecule has 2 aromatic carbocycles. The highest BCUT2D eigenvalue weighted by Crippen LogP contribution is 2.38. The Morgan fingerprint density at radius 1 is 0.897 bits per heavy atom. The lowest BCUT2D eigenvalue weighted by Crippen LogP contribution is -2.48. The summed E-state index contributed by atoms with van der Waals surface area (Å²) in [5.41, 5.74) is -0.190. The van der Waals surface area contributed by atoms with Gasteiger partial charge in [-0.15, -0.1) is 0 Å². The molecule has 158 valence electrons. The molecule has 0 aromatic heterocycles. The summed E-state index contributed by atoms with van der Waals surface area (Å²) in [6.07, 6.45) is -4.72. The van der Waals surface area contributed by atoms with Crippen molar-refractivity contribution in [2.45, 2.75) is 11.1 Å². The van der Waals surface area contributed by atoms with Crippen molar-refractivity contribution in [2.24, 2.45) is 0 Å². The fourth-order valence-corrected chi connectivity index (χ4v) is 4.65. The van der Waals surface area contributed by atoms with E-state index < -0.39 is 32.4 Å². The number of anilines is 1. The first-order chi connectivity index (χ1) is 13.7. The molecule has 10 heteroatoms. The van der Waals surface area contributed by atoms with Crippen LogP contribution in [0.3, 0.4) is 0 Å². The molecule has 0 spiro atoms. The third-order valence-corrected chi connectivity index (χ3v) is 6.68. The Hall–Kier alpha value is -2.46. The Bertz CT molecular complexity index is 954. The van der Waals surface area contributed by atoms with Crippen LogP contribution in [0.2, 0.25) is 0 Å². The number of hydrogen-bond acceptors (Lipinski definition) is 5. The molecule has 29 heavy (non-hydrogen) atoms. The van der Waals surface area contributed by atoms with E-state index in [0.717, 1.165) is 30.7 Å². The van der Waals surface area contributed by atoms with Gasteiger partial charge in [0.05, 0.1) is 24.7 Å². The van der Waals surface area contributed by atoms with Gasteiger partial charge in [-0.05, 0) is 42.5 Å². The van der Waals surface area contributed by atoms with Crippen LogP contribution in [-0.2, 0) is 16.2 Å². The maximum Gasteiger partial charge on any atom is 0.420 e. The maximum absolute atomic E-state index is 13.2. The summed E-state index contributed by atoms with van der Waals surface area (Å²) in [5, 5.41) is 0. The number of piperazine rings is 1. The van der Waals surface area contributed by atoms with Crippen molar-refractivity contribution >= 4 is 15.7 Å². The summed E-state index contributed by atoms with van der Waals surface area (Å²) in [6, 6.07) is 10.2. The second-order valence-corrected chi connectivity index (χ2v) is 8.39. The van der Waals surface area contributed by atoms with Crippen LogP contribution in [0.1, 0.15) is 5.56 Å². The van der Waals surface area contributed by atoms with Gasteiger partial charge < -0.3 is 14.4 Å². The van der Waals surface area contributed by atoms with Crippen LogP contribution in [0.25, 0.3) is 0 Å². The highest BCUT2D eigenvalue weighted by molar-refractivity contribution is 7.89. The summed E-state index contributed by atoms with van der Waals surface area (Å²) in [7, 11) is -1.38. The number of rotatable bonds is 5. The molecule has 6 nitrogen and oxygen atoms in total. The zero-order chi connectivity index (χ0) is 21.2. The predicted molar refractivity (Wildman–Crippen MR) is 102 cm³/mol. The molecule has 0 unspecified atom stereocenters. The SMILES string of the molecule is COc1ccc(N2CCN(S(=O)(=O)c3ccc(OC)c(C(F)(F)F)c3)CC2)cc1. The zero-order valence-electron chi connectivity index (χ0n) is 15.9. The van der Waals surface area contributed by atoms with E-state index in [-0.39, 0.29) is 13.1 Å². The molecule has 1 aliphatic heterocycles. The predicted octanol–water partition coefficient (Wildman–Crippen LogP) is 3.23. The van der Waals surface area contributed by atoms with E-state index in [1.54, 1.807) is 7.11 Å². The number of ether oxygens (including phenoxy) is 2. The molecule has 0 atom stereocenters. The number of alkyl halides is 3. The number of hydrogen-bond donors (Lipinski definition) is 0. The van der Waals surface area contributed by atoms with E-state index in [0.29, 0.717) is 19.2 Å². The highest BCUT2D eigenvalue weighted by Gasteiger charge is 2.37. The smallest absolute Gasteiger partial charge is 0.420 e. The quantitative estimate of drug-likeness (QED) is 0.729. The molecular formula is C19H21F3N2O4S. The van der Waals surface area contributed by atoms with Crippen molar-refractivity contribution in [1.29, 1.82) is 0 Å². The Morgan fingerprint density at radius 3 is 2.03 bits per heavy atom. The molecule has 1 fully saturated rings. The van der Waals surface area contributed by atoms with E-state index in [9.17, 15) is 21.6 Å². The maximum atomic E-state index is 13.2. The van der Waals surface area contributed by atoms with Crippen molar-refractivity contribution in [3.8, 4) is 11.5 Å². The fraction of sp³-hybridized carbons (Fsp3) is 0.368. The van der Waals surface area contributed by atoms with Gasteiger partial charge in [0.2, 0.25) is 10.0 Å². The lowest BCUT2D eigenvalue weighted by Gasteiger charge is -2.35. The first-order valence-electron chi connectivity index (χ1n) is 8.81. The fourth-order valence-electron chi connectivity index (χ4n) is 3.20. The monoisotopic (exact) mass is 430 g/mol. The van der Waals surface area contributed by atoms with Crippen LogP contribution in [0, 0.1) is 0 Å². The minimum Gasteiger partial charge on any atom is -0.497 e. The zero-order valence-corrected chi connectivity index (χ0v) is 16.8. The molecule has 0 saturated carbocycles. The summed E-state index contributed by atoms with van der Waals surface area (Å²) >= 11 is 0. The van der Waals surface area contributed by atoms with Gasteiger partial charge in [0, 0.05) is 31.9 Å². The van der Waals surface area contributed by atoms with Gasteiger partial charge in [-0.1, -0.05) is 0 Å². The molecule has 0 amide bonds.